The quantitative estimate of drug-likeness (QED) is 0.250. The molecule has 0 saturated heterocycles. The average molecular weight is 443 g/mol. The Morgan fingerprint density at radius 2 is 1.69 bits per heavy atom. The zero-order chi connectivity index (χ0) is 23.5. The van der Waals surface area contributed by atoms with E-state index < -0.39 is 31.1 Å². The van der Waals surface area contributed by atoms with Crippen molar-refractivity contribution in [1.82, 2.24) is 0 Å². The summed E-state index contributed by atoms with van der Waals surface area (Å²) in [6.07, 6.45) is 2.71. The van der Waals surface area contributed by atoms with Gasteiger partial charge in [0.15, 0.2) is 19.0 Å². The molecule has 10 heteroatoms. The van der Waals surface area contributed by atoms with Crippen LogP contribution in [0.2, 0.25) is 0 Å². The third-order valence-electron chi connectivity index (χ3n) is 3.83. The third-order valence-corrected chi connectivity index (χ3v) is 3.83. The summed E-state index contributed by atoms with van der Waals surface area (Å²) in [5.41, 5.74) is 5.99. The first kappa shape index (κ1) is 24.1. The van der Waals surface area contributed by atoms with Crippen molar-refractivity contribution < 1.29 is 43.6 Å². The van der Waals surface area contributed by atoms with Crippen molar-refractivity contribution in [2.24, 2.45) is 5.73 Å². The van der Waals surface area contributed by atoms with E-state index in [2.05, 4.69) is 4.74 Å². The first-order valence-corrected chi connectivity index (χ1v) is 9.33. The second-order valence-electron chi connectivity index (χ2n) is 6.27. The molecule has 2 rings (SSSR count). The molecule has 0 unspecified atom stereocenters. The molecule has 0 aliphatic rings. The Hall–Kier alpha value is -4.18. The Bertz CT molecular complexity index is 1030. The van der Waals surface area contributed by atoms with E-state index in [0.29, 0.717) is 30.0 Å². The van der Waals surface area contributed by atoms with E-state index in [1.165, 1.54) is 30.4 Å². The standard InChI is InChI=1S/C22H21NO9/c23-8-9-30-16-3-1-2-15(11-16)18(24)6-4-14-5-7-19(31-12-20(25)26)17(10-14)22(29)32-13-21(27)28/h1-7,10-11H,8-9,12-13,23H2,(H,25,26)(H,27,28)/b6-4+. The molecule has 0 atom stereocenters. The van der Waals surface area contributed by atoms with Crippen molar-refractivity contribution in [2.45, 2.75) is 0 Å². The topological polar surface area (TPSA) is 162 Å². The highest BCUT2D eigenvalue weighted by atomic mass is 16.6. The van der Waals surface area contributed by atoms with Gasteiger partial charge in [-0.15, -0.1) is 0 Å². The first-order chi connectivity index (χ1) is 15.3. The van der Waals surface area contributed by atoms with Gasteiger partial charge in [-0.25, -0.2) is 14.4 Å². The molecule has 168 valence electrons. The van der Waals surface area contributed by atoms with Crippen LogP contribution in [0.3, 0.4) is 0 Å². The van der Waals surface area contributed by atoms with Crippen molar-refractivity contribution >= 4 is 29.8 Å². The minimum atomic E-state index is -1.36. The zero-order valence-electron chi connectivity index (χ0n) is 16.9. The van der Waals surface area contributed by atoms with E-state index in [9.17, 15) is 19.2 Å². The number of rotatable bonds is 12. The highest BCUT2D eigenvalue weighted by Crippen LogP contribution is 2.23. The molecular formula is C22H21NO9. The number of carboxylic acid groups (broad SMARTS) is 2. The molecular weight excluding hydrogens is 422 g/mol. The molecule has 0 saturated carbocycles. The number of carbonyl (C=O) groups excluding carboxylic acids is 2. The number of carboxylic acids is 2. The number of hydrogen-bond acceptors (Lipinski definition) is 8. The number of aliphatic carboxylic acids is 2. The smallest absolute Gasteiger partial charge is 0.342 e. The lowest BCUT2D eigenvalue weighted by atomic mass is 10.1. The molecule has 0 spiro atoms. The van der Waals surface area contributed by atoms with E-state index in [1.54, 1.807) is 24.3 Å². The van der Waals surface area contributed by atoms with Crippen LogP contribution in [-0.4, -0.2) is 60.3 Å². The lowest BCUT2D eigenvalue weighted by molar-refractivity contribution is -0.140. The second kappa shape index (κ2) is 11.9. The molecule has 0 aliphatic carbocycles. The van der Waals surface area contributed by atoms with Crippen molar-refractivity contribution in [1.29, 1.82) is 0 Å². The highest BCUT2D eigenvalue weighted by molar-refractivity contribution is 6.07. The number of benzene rings is 2. The van der Waals surface area contributed by atoms with Gasteiger partial charge in [0.25, 0.3) is 0 Å². The number of ketones is 1. The van der Waals surface area contributed by atoms with Crippen molar-refractivity contribution in [3.63, 3.8) is 0 Å². The Kier molecular flexibility index (Phi) is 8.93. The van der Waals surface area contributed by atoms with Crippen LogP contribution >= 0.6 is 0 Å². The van der Waals surface area contributed by atoms with Crippen molar-refractivity contribution in [3.05, 3.63) is 65.2 Å². The van der Waals surface area contributed by atoms with Gasteiger partial charge in [0.2, 0.25) is 0 Å². The van der Waals surface area contributed by atoms with Crippen LogP contribution in [0.4, 0.5) is 0 Å². The molecule has 0 heterocycles. The molecule has 0 fully saturated rings. The maximum atomic E-state index is 12.5. The summed E-state index contributed by atoms with van der Waals surface area (Å²) >= 11 is 0. The number of nitrogens with two attached hydrogens (primary N) is 1. The van der Waals surface area contributed by atoms with Crippen LogP contribution in [0.15, 0.2) is 48.5 Å². The molecule has 0 amide bonds. The molecule has 10 nitrogen and oxygen atoms in total. The lowest BCUT2D eigenvalue weighted by Gasteiger charge is -2.10. The molecule has 2 aromatic rings. The van der Waals surface area contributed by atoms with E-state index in [0.717, 1.165) is 0 Å². The Morgan fingerprint density at radius 1 is 0.938 bits per heavy atom. The number of hydrogen-bond donors (Lipinski definition) is 3. The molecule has 0 aromatic heterocycles. The summed E-state index contributed by atoms with van der Waals surface area (Å²) in [6.45, 7) is -0.945. The molecule has 0 aliphatic heterocycles. The first-order valence-electron chi connectivity index (χ1n) is 9.33. The summed E-state index contributed by atoms with van der Waals surface area (Å²) in [5, 5.41) is 17.5. The molecule has 0 radical (unpaired) electrons. The van der Waals surface area contributed by atoms with E-state index in [4.69, 9.17) is 25.4 Å². The maximum absolute atomic E-state index is 12.5. The van der Waals surface area contributed by atoms with Crippen LogP contribution in [0.5, 0.6) is 11.5 Å². The predicted octanol–water partition coefficient (Wildman–Crippen LogP) is 1.62. The molecule has 4 N–H and O–H groups in total. The minimum Gasteiger partial charge on any atom is -0.492 e. The largest absolute Gasteiger partial charge is 0.492 e. The van der Waals surface area contributed by atoms with Crippen molar-refractivity contribution in [3.8, 4) is 11.5 Å². The van der Waals surface area contributed by atoms with E-state index >= 15 is 0 Å². The van der Waals surface area contributed by atoms with Gasteiger partial charge in [0.05, 0.1) is 0 Å². The number of esters is 1. The molecule has 0 bridgehead atoms. The Balaban J connectivity index is 2.22. The number of allylic oxidation sites excluding steroid dienone is 1. The van der Waals surface area contributed by atoms with Crippen LogP contribution in [0.1, 0.15) is 26.3 Å². The monoisotopic (exact) mass is 443 g/mol. The maximum Gasteiger partial charge on any atom is 0.342 e. The minimum absolute atomic E-state index is 0.101. The van der Waals surface area contributed by atoms with Crippen molar-refractivity contribution in [2.75, 3.05) is 26.4 Å². The summed E-state index contributed by atoms with van der Waals surface area (Å²) in [5.74, 6) is -3.56. The fourth-order valence-corrected chi connectivity index (χ4v) is 2.47. The SMILES string of the molecule is NCCOc1cccc(C(=O)/C=C/c2ccc(OCC(=O)O)c(C(=O)OCC(=O)O)c2)c1. The van der Waals surface area contributed by atoms with Crippen LogP contribution < -0.4 is 15.2 Å². The fraction of sp³-hybridized carbons (Fsp3) is 0.182. The fourth-order valence-electron chi connectivity index (χ4n) is 2.47. The molecule has 2 aromatic carbocycles. The lowest BCUT2D eigenvalue weighted by Crippen LogP contribution is -2.16. The number of ether oxygens (including phenoxy) is 3. The number of carbonyl (C=O) groups is 4. The van der Waals surface area contributed by atoms with Crippen LogP contribution in [-0.2, 0) is 14.3 Å². The molecule has 32 heavy (non-hydrogen) atoms. The van der Waals surface area contributed by atoms with Gasteiger partial charge in [-0.1, -0.05) is 24.3 Å². The summed E-state index contributed by atoms with van der Waals surface area (Å²) in [7, 11) is 0. The van der Waals surface area contributed by atoms with Gasteiger partial charge in [-0.2, -0.15) is 0 Å². The summed E-state index contributed by atoms with van der Waals surface area (Å²) in [4.78, 5) is 46.1. The van der Waals surface area contributed by atoms with Gasteiger partial charge < -0.3 is 30.2 Å². The van der Waals surface area contributed by atoms with Crippen LogP contribution in [0, 0.1) is 0 Å². The summed E-state index contributed by atoms with van der Waals surface area (Å²) < 4.78 is 15.1. The van der Waals surface area contributed by atoms with Gasteiger partial charge in [0.1, 0.15) is 23.7 Å². The van der Waals surface area contributed by atoms with Gasteiger partial charge in [-0.05, 0) is 35.9 Å². The van der Waals surface area contributed by atoms with Gasteiger partial charge in [-0.3, -0.25) is 4.79 Å². The Labute approximate surface area is 182 Å². The van der Waals surface area contributed by atoms with E-state index in [1.807, 2.05) is 0 Å². The highest BCUT2D eigenvalue weighted by Gasteiger charge is 2.17. The Morgan fingerprint density at radius 3 is 2.38 bits per heavy atom. The predicted molar refractivity (Wildman–Crippen MR) is 112 cm³/mol. The third kappa shape index (κ3) is 7.58. The van der Waals surface area contributed by atoms with E-state index in [-0.39, 0.29) is 17.1 Å². The van der Waals surface area contributed by atoms with Gasteiger partial charge >= 0.3 is 17.9 Å². The second-order valence-corrected chi connectivity index (χ2v) is 6.27. The zero-order valence-corrected chi connectivity index (χ0v) is 16.9. The normalized spacial score (nSPS) is 10.5. The van der Waals surface area contributed by atoms with Gasteiger partial charge in [0, 0.05) is 12.1 Å². The van der Waals surface area contributed by atoms with Crippen LogP contribution in [0.25, 0.3) is 6.08 Å². The average Bonchev–Trinajstić information content (AvgIpc) is 2.78. The summed E-state index contributed by atoms with van der Waals surface area (Å²) in [6, 6.07) is 10.7.